The minimum absolute atomic E-state index is 0.106. The van der Waals surface area contributed by atoms with E-state index in [-0.39, 0.29) is 13.3 Å². The maximum atomic E-state index is 12.2. The molecule has 4 rings (SSSR count). The van der Waals surface area contributed by atoms with Gasteiger partial charge in [0.15, 0.2) is 18.1 Å². The highest BCUT2D eigenvalue weighted by atomic mass is 16.7. The van der Waals surface area contributed by atoms with Gasteiger partial charge in [-0.2, -0.15) is 0 Å². The monoisotopic (exact) mass is 468 g/mol. The van der Waals surface area contributed by atoms with Crippen LogP contribution in [0.2, 0.25) is 0 Å². The average Bonchev–Trinajstić information content (AvgIpc) is 3.34. The Bertz CT molecular complexity index is 1030. The van der Waals surface area contributed by atoms with Crippen LogP contribution < -0.4 is 25.0 Å². The third kappa shape index (κ3) is 5.96. The molecule has 34 heavy (non-hydrogen) atoms. The molecule has 2 aromatic rings. The third-order valence-corrected chi connectivity index (χ3v) is 5.73. The van der Waals surface area contributed by atoms with E-state index >= 15 is 0 Å². The van der Waals surface area contributed by atoms with Crippen LogP contribution in [0.1, 0.15) is 17.3 Å². The zero-order valence-electron chi connectivity index (χ0n) is 19.0. The van der Waals surface area contributed by atoms with E-state index in [2.05, 4.69) is 27.4 Å². The molecule has 2 aliphatic rings. The summed E-state index contributed by atoms with van der Waals surface area (Å²) in [6, 6.07) is 12.3. The van der Waals surface area contributed by atoms with E-state index in [1.54, 1.807) is 12.1 Å². The number of nitrogens with zero attached hydrogens (tertiary/aromatic N) is 2. The third-order valence-electron chi connectivity index (χ3n) is 5.73. The average molecular weight is 469 g/mol. The van der Waals surface area contributed by atoms with Crippen molar-refractivity contribution >= 4 is 29.2 Å². The highest BCUT2D eigenvalue weighted by Gasteiger charge is 2.18. The van der Waals surface area contributed by atoms with Crippen LogP contribution in [0, 0.1) is 0 Å². The number of anilines is 2. The standard InChI is InChI=1S/C24H28N4O6/c1-2-27-9-11-28(12-10-27)19-6-4-18(5-7-19)26-22(29)15-32-23(30)14-25-24(31)17-3-8-20-21(13-17)34-16-33-20/h3-8,13H,2,9-12,14-16H2,1H3,(H,25,31)(H,26,29). The second-order valence-electron chi connectivity index (χ2n) is 7.93. The number of amides is 2. The Morgan fingerprint density at radius 3 is 2.44 bits per heavy atom. The second-order valence-corrected chi connectivity index (χ2v) is 7.93. The van der Waals surface area contributed by atoms with E-state index in [4.69, 9.17) is 14.2 Å². The lowest BCUT2D eigenvalue weighted by atomic mass is 10.2. The Morgan fingerprint density at radius 1 is 0.971 bits per heavy atom. The number of ether oxygens (including phenoxy) is 3. The number of piperazine rings is 1. The van der Waals surface area contributed by atoms with Crippen LogP contribution in [0.5, 0.6) is 11.5 Å². The van der Waals surface area contributed by atoms with Crippen molar-refractivity contribution in [3.8, 4) is 11.5 Å². The summed E-state index contributed by atoms with van der Waals surface area (Å²) in [6.07, 6.45) is 0. The molecule has 0 aliphatic carbocycles. The first kappa shape index (κ1) is 23.4. The fourth-order valence-corrected chi connectivity index (χ4v) is 3.76. The van der Waals surface area contributed by atoms with Crippen molar-refractivity contribution in [2.45, 2.75) is 6.92 Å². The molecule has 2 aliphatic heterocycles. The molecule has 0 saturated carbocycles. The van der Waals surface area contributed by atoms with Crippen LogP contribution in [0.15, 0.2) is 42.5 Å². The summed E-state index contributed by atoms with van der Waals surface area (Å²) in [6.45, 7) is 6.56. The van der Waals surface area contributed by atoms with Crippen LogP contribution in [-0.4, -0.2) is 75.4 Å². The van der Waals surface area contributed by atoms with Gasteiger partial charge in [-0.3, -0.25) is 14.4 Å². The molecule has 1 fully saturated rings. The molecular formula is C24H28N4O6. The molecule has 10 nitrogen and oxygen atoms in total. The normalized spacial score (nSPS) is 15.0. The lowest BCUT2D eigenvalue weighted by molar-refractivity contribution is -0.146. The molecule has 0 aromatic heterocycles. The SMILES string of the molecule is CCN1CCN(c2ccc(NC(=O)COC(=O)CNC(=O)c3ccc4c(c3)OCO4)cc2)CC1. The van der Waals surface area contributed by atoms with Crippen LogP contribution in [0.3, 0.4) is 0 Å². The number of nitrogens with one attached hydrogen (secondary N) is 2. The van der Waals surface area contributed by atoms with Crippen molar-refractivity contribution in [2.75, 3.05) is 62.9 Å². The van der Waals surface area contributed by atoms with Gasteiger partial charge in [0.05, 0.1) is 0 Å². The van der Waals surface area contributed by atoms with Crippen molar-refractivity contribution < 1.29 is 28.6 Å². The van der Waals surface area contributed by atoms with Gasteiger partial charge >= 0.3 is 5.97 Å². The number of benzene rings is 2. The number of fused-ring (bicyclic) bond motifs is 1. The lowest BCUT2D eigenvalue weighted by Crippen LogP contribution is -2.46. The molecule has 0 atom stereocenters. The van der Waals surface area contributed by atoms with Gasteiger partial charge in [0.2, 0.25) is 6.79 Å². The fraction of sp³-hybridized carbons (Fsp3) is 0.375. The zero-order chi connectivity index (χ0) is 23.9. The Labute approximate surface area is 197 Å². The molecule has 2 N–H and O–H groups in total. The Kier molecular flexibility index (Phi) is 7.48. The Morgan fingerprint density at radius 2 is 1.71 bits per heavy atom. The van der Waals surface area contributed by atoms with Crippen LogP contribution in [-0.2, 0) is 14.3 Å². The summed E-state index contributed by atoms with van der Waals surface area (Å²) in [4.78, 5) is 41.0. The number of carbonyl (C=O) groups is 3. The Hall–Kier alpha value is -3.79. The first-order valence-corrected chi connectivity index (χ1v) is 11.2. The van der Waals surface area contributed by atoms with Crippen LogP contribution >= 0.6 is 0 Å². The summed E-state index contributed by atoms with van der Waals surface area (Å²) in [5, 5.41) is 5.16. The molecule has 2 heterocycles. The number of likely N-dealkylation sites (N-methyl/N-ethyl adjacent to an activating group) is 1. The van der Waals surface area contributed by atoms with Gasteiger partial charge < -0.3 is 34.6 Å². The lowest BCUT2D eigenvalue weighted by Gasteiger charge is -2.35. The van der Waals surface area contributed by atoms with E-state index in [0.29, 0.717) is 22.7 Å². The highest BCUT2D eigenvalue weighted by Crippen LogP contribution is 2.32. The first-order valence-electron chi connectivity index (χ1n) is 11.2. The van der Waals surface area contributed by atoms with Crippen molar-refractivity contribution in [1.29, 1.82) is 0 Å². The minimum Gasteiger partial charge on any atom is -0.454 e. The molecule has 10 heteroatoms. The predicted molar refractivity (Wildman–Crippen MR) is 125 cm³/mol. The van der Waals surface area contributed by atoms with Crippen molar-refractivity contribution in [3.05, 3.63) is 48.0 Å². The van der Waals surface area contributed by atoms with Gasteiger partial charge in [-0.25, -0.2) is 0 Å². The van der Waals surface area contributed by atoms with Crippen molar-refractivity contribution in [1.82, 2.24) is 10.2 Å². The first-order chi connectivity index (χ1) is 16.5. The maximum absolute atomic E-state index is 12.2. The van der Waals surface area contributed by atoms with Crippen molar-refractivity contribution in [2.24, 2.45) is 0 Å². The number of carbonyl (C=O) groups excluding carboxylic acids is 3. The zero-order valence-corrected chi connectivity index (χ0v) is 19.0. The smallest absolute Gasteiger partial charge is 0.325 e. The summed E-state index contributed by atoms with van der Waals surface area (Å²) in [5.74, 6) is -0.605. The van der Waals surface area contributed by atoms with Gasteiger partial charge in [0.25, 0.3) is 11.8 Å². The molecule has 0 radical (unpaired) electrons. The number of rotatable bonds is 8. The largest absolute Gasteiger partial charge is 0.454 e. The minimum atomic E-state index is -0.717. The van der Waals surface area contributed by atoms with Crippen molar-refractivity contribution in [3.63, 3.8) is 0 Å². The Balaban J connectivity index is 1.16. The summed E-state index contributed by atoms with van der Waals surface area (Å²) < 4.78 is 15.4. The predicted octanol–water partition coefficient (Wildman–Crippen LogP) is 1.47. The molecular weight excluding hydrogens is 440 g/mol. The number of hydrogen-bond donors (Lipinski definition) is 2. The number of esters is 1. The van der Waals surface area contributed by atoms with E-state index in [0.717, 1.165) is 38.4 Å². The summed E-state index contributed by atoms with van der Waals surface area (Å²) >= 11 is 0. The van der Waals surface area contributed by atoms with E-state index in [1.165, 1.54) is 6.07 Å². The van der Waals surface area contributed by atoms with Gasteiger partial charge in [0, 0.05) is 43.1 Å². The summed E-state index contributed by atoms with van der Waals surface area (Å²) in [5.41, 5.74) is 2.05. The highest BCUT2D eigenvalue weighted by molar-refractivity contribution is 5.97. The molecule has 0 unspecified atom stereocenters. The van der Waals surface area contributed by atoms with Gasteiger partial charge in [-0.1, -0.05) is 6.92 Å². The van der Waals surface area contributed by atoms with Gasteiger partial charge in [-0.05, 0) is 49.0 Å². The maximum Gasteiger partial charge on any atom is 0.325 e. The van der Waals surface area contributed by atoms with E-state index in [1.807, 2.05) is 24.3 Å². The molecule has 1 saturated heterocycles. The van der Waals surface area contributed by atoms with Crippen LogP contribution in [0.4, 0.5) is 11.4 Å². The quantitative estimate of drug-likeness (QED) is 0.561. The van der Waals surface area contributed by atoms with Gasteiger partial charge in [0.1, 0.15) is 6.54 Å². The van der Waals surface area contributed by atoms with E-state index < -0.39 is 24.4 Å². The summed E-state index contributed by atoms with van der Waals surface area (Å²) in [7, 11) is 0. The number of hydrogen-bond acceptors (Lipinski definition) is 8. The molecule has 0 bridgehead atoms. The van der Waals surface area contributed by atoms with E-state index in [9.17, 15) is 14.4 Å². The molecule has 2 amide bonds. The van der Waals surface area contributed by atoms with Crippen LogP contribution in [0.25, 0.3) is 0 Å². The second kappa shape index (κ2) is 10.9. The molecule has 0 spiro atoms. The molecule has 2 aromatic carbocycles. The molecule has 180 valence electrons. The fourth-order valence-electron chi connectivity index (χ4n) is 3.76. The topological polar surface area (TPSA) is 109 Å². The van der Waals surface area contributed by atoms with Gasteiger partial charge in [-0.15, -0.1) is 0 Å².